The first kappa shape index (κ1) is 51.9. The highest BCUT2D eigenvalue weighted by atomic mass is 19.1. The van der Waals surface area contributed by atoms with Gasteiger partial charge >= 0.3 is 0 Å². The first-order valence-electron chi connectivity index (χ1n) is 25.8. The first-order chi connectivity index (χ1) is 36.2. The van der Waals surface area contributed by atoms with Gasteiger partial charge in [0.15, 0.2) is 0 Å². The second kappa shape index (κ2) is 24.4. The van der Waals surface area contributed by atoms with Crippen LogP contribution in [0.15, 0.2) is 157 Å². The zero-order chi connectivity index (χ0) is 51.4. The molecule has 2 fully saturated rings. The van der Waals surface area contributed by atoms with Gasteiger partial charge in [0.1, 0.15) is 29.1 Å². The van der Waals surface area contributed by atoms with Crippen LogP contribution in [0.5, 0.6) is 17.2 Å². The Morgan fingerprint density at radius 2 is 1.62 bits per heavy atom. The molecule has 74 heavy (non-hydrogen) atoms. The van der Waals surface area contributed by atoms with E-state index in [4.69, 9.17) is 28.9 Å². The largest absolute Gasteiger partial charge is 0.459 e. The van der Waals surface area contributed by atoms with Crippen LogP contribution in [0.2, 0.25) is 0 Å². The van der Waals surface area contributed by atoms with E-state index in [-0.39, 0.29) is 56.2 Å². The average molecular weight is 1010 g/mol. The summed E-state index contributed by atoms with van der Waals surface area (Å²) in [5.74, 6) is -1.63. The van der Waals surface area contributed by atoms with E-state index < -0.39 is 40.7 Å². The molecule has 13 nitrogen and oxygen atoms in total. The molecule has 0 radical (unpaired) electrons. The Morgan fingerprint density at radius 1 is 0.892 bits per heavy atom. The lowest BCUT2D eigenvalue weighted by Crippen LogP contribution is -2.70. The number of hydrogen-bond acceptors (Lipinski definition) is 11. The molecule has 0 aromatic heterocycles. The van der Waals surface area contributed by atoms with Crippen LogP contribution < -0.4 is 9.47 Å². The Labute approximate surface area is 431 Å². The van der Waals surface area contributed by atoms with Gasteiger partial charge in [0.05, 0.1) is 29.8 Å². The van der Waals surface area contributed by atoms with Crippen molar-refractivity contribution in [2.24, 2.45) is 22.9 Å². The van der Waals surface area contributed by atoms with Crippen LogP contribution in [-0.2, 0) is 25.7 Å². The van der Waals surface area contributed by atoms with Crippen molar-refractivity contribution in [3.05, 3.63) is 184 Å². The van der Waals surface area contributed by atoms with E-state index in [0.717, 1.165) is 60.8 Å². The van der Waals surface area contributed by atoms with Gasteiger partial charge in [-0.2, -0.15) is 0 Å². The molecule has 4 aliphatic rings. The van der Waals surface area contributed by atoms with Gasteiger partial charge in [0.2, 0.25) is 18.0 Å². The number of halogens is 1. The maximum atomic E-state index is 15.3. The summed E-state index contributed by atoms with van der Waals surface area (Å²) in [4.78, 5) is 34.3. The quantitative estimate of drug-likeness (QED) is 0.0224. The zero-order valence-corrected chi connectivity index (χ0v) is 41.5. The summed E-state index contributed by atoms with van der Waals surface area (Å²) < 4.78 is 41.9. The molecule has 386 valence electrons. The number of fused-ring (bicyclic) bond motifs is 2. The Kier molecular flexibility index (Phi) is 17.1. The second-order valence-electron chi connectivity index (χ2n) is 19.4. The number of non-ortho nitro benzene ring substituents is 1. The summed E-state index contributed by atoms with van der Waals surface area (Å²) in [6, 6.07) is 35.0. The van der Waals surface area contributed by atoms with Crippen LogP contribution in [0.25, 0.3) is 17.2 Å². The number of amides is 1. The van der Waals surface area contributed by atoms with E-state index >= 15 is 4.79 Å². The van der Waals surface area contributed by atoms with Crippen molar-refractivity contribution in [3.8, 4) is 28.4 Å². The number of nitro benzene ring substituents is 1. The molecule has 2 aliphatic carbocycles. The average Bonchev–Trinajstić information content (AvgIpc) is 3.43. The molecule has 2 aliphatic heterocycles. The molecule has 9 rings (SSSR count). The predicted octanol–water partition coefficient (Wildman–Crippen LogP) is 12.1. The maximum Gasteiger partial charge on any atom is 0.269 e. The summed E-state index contributed by atoms with van der Waals surface area (Å²) in [7, 11) is 0. The van der Waals surface area contributed by atoms with Crippen molar-refractivity contribution in [2.45, 2.75) is 94.8 Å². The Morgan fingerprint density at radius 3 is 2.32 bits per heavy atom. The number of rotatable bonds is 22. The first-order valence-corrected chi connectivity index (χ1v) is 25.8. The maximum absolute atomic E-state index is 15.3. The van der Waals surface area contributed by atoms with E-state index in [1.807, 2.05) is 54.6 Å². The van der Waals surface area contributed by atoms with Crippen molar-refractivity contribution < 1.29 is 48.1 Å². The molecular formula is C60H64FN3O10. The van der Waals surface area contributed by atoms with E-state index in [2.05, 4.69) is 30.9 Å². The number of aliphatic hydroxyl groups excluding tert-OH is 2. The van der Waals surface area contributed by atoms with Crippen LogP contribution >= 0.6 is 0 Å². The summed E-state index contributed by atoms with van der Waals surface area (Å²) in [5.41, 5.74) is 5.65. The SMILES string of the molecule is C=CCOC12Oc3ccc(Oc4ccc(-c5ccccc5)cc4)cc3C3C(CCCCO)C(CCCCO)C=C(C(=NOC4CCCCO4)CC1N(Cc1ccc(F)cc1)C(=O)C=Cc1ccc([N+](=O)[O-])cc1)C32. The number of oxime groups is 1. The highest BCUT2D eigenvalue weighted by Crippen LogP contribution is 2.62. The number of benzene rings is 5. The van der Waals surface area contributed by atoms with Gasteiger partial charge in [-0.3, -0.25) is 14.9 Å². The predicted molar refractivity (Wildman–Crippen MR) is 281 cm³/mol. The number of hydrogen-bond donors (Lipinski definition) is 2. The molecule has 7 atom stereocenters. The van der Waals surface area contributed by atoms with E-state index in [0.29, 0.717) is 60.0 Å². The number of nitro groups is 1. The molecule has 7 unspecified atom stereocenters. The van der Waals surface area contributed by atoms with Crippen LogP contribution in [0.4, 0.5) is 10.1 Å². The smallest absolute Gasteiger partial charge is 0.269 e. The molecular weight excluding hydrogens is 942 g/mol. The van der Waals surface area contributed by atoms with Gasteiger partial charge in [0.25, 0.3) is 5.69 Å². The van der Waals surface area contributed by atoms with Gasteiger partial charge in [-0.25, -0.2) is 4.39 Å². The fourth-order valence-corrected chi connectivity index (χ4v) is 11.2. The number of nitrogens with zero attached hydrogens (tertiary/aromatic N) is 3. The lowest BCUT2D eigenvalue weighted by molar-refractivity contribution is -0.384. The number of aliphatic hydroxyl groups is 2. The fraction of sp³-hybridized carbons (Fsp3) is 0.367. The molecule has 2 N–H and O–H groups in total. The minimum atomic E-state index is -1.59. The third-order valence-electron chi connectivity index (χ3n) is 14.7. The monoisotopic (exact) mass is 1010 g/mol. The summed E-state index contributed by atoms with van der Waals surface area (Å²) in [6.45, 7) is 4.77. The summed E-state index contributed by atoms with van der Waals surface area (Å²) >= 11 is 0. The molecule has 14 heteroatoms. The van der Waals surface area contributed by atoms with Gasteiger partial charge in [-0.1, -0.05) is 84.7 Å². The minimum absolute atomic E-state index is 0.0103. The lowest BCUT2D eigenvalue weighted by atomic mass is 9.55. The lowest BCUT2D eigenvalue weighted by Gasteiger charge is -2.60. The van der Waals surface area contributed by atoms with E-state index in [1.165, 1.54) is 30.3 Å². The molecule has 0 spiro atoms. The Bertz CT molecular complexity index is 2800. The molecule has 1 amide bonds. The molecule has 5 aromatic rings. The summed E-state index contributed by atoms with van der Waals surface area (Å²) in [6.07, 6.45) is 13.3. The topological polar surface area (TPSA) is 162 Å². The van der Waals surface area contributed by atoms with Gasteiger partial charge < -0.3 is 38.9 Å². The van der Waals surface area contributed by atoms with Crippen LogP contribution in [0.1, 0.15) is 86.8 Å². The minimum Gasteiger partial charge on any atom is -0.459 e. The standard InChI is InChI=1S/C60H64FN3O10/c1-2-35-71-60-55(63(40-42-17-24-46(61)25-18-42)56(67)32-21-41-19-26-47(27-20-41)64(68)69)39-53(62-74-57-16-8-11-36-70-57)51-37-45(14-6-9-33-65)50(15-7-10-34-66)58(59(51)60)52-38-49(30-31-54(52)73-60)72-48-28-22-44(23-29-48)43-12-4-3-5-13-43/h2-5,12-13,17-32,37-38,45,50,55,57-59,65-66H,1,6-11,14-16,33-36,39-40H2. The Balaban J connectivity index is 1.22. The fourth-order valence-electron chi connectivity index (χ4n) is 11.2. The zero-order valence-electron chi connectivity index (χ0n) is 41.5. The molecule has 1 saturated carbocycles. The molecule has 1 saturated heterocycles. The normalized spacial score (nSPS) is 23.5. The third-order valence-corrected chi connectivity index (χ3v) is 14.7. The van der Waals surface area contributed by atoms with E-state index in [1.54, 1.807) is 41.3 Å². The number of carbonyl (C=O) groups is 1. The highest BCUT2D eigenvalue weighted by molar-refractivity contribution is 6.03. The third kappa shape index (κ3) is 11.8. The van der Waals surface area contributed by atoms with Gasteiger partial charge in [-0.05, 0) is 139 Å². The number of ether oxygens (including phenoxy) is 4. The van der Waals surface area contributed by atoms with Crippen LogP contribution in [0.3, 0.4) is 0 Å². The van der Waals surface area contributed by atoms with Gasteiger partial charge in [0, 0.05) is 62.3 Å². The van der Waals surface area contributed by atoms with Crippen molar-refractivity contribution in [2.75, 3.05) is 26.4 Å². The molecule has 0 bridgehead atoms. The molecule has 5 aromatic carbocycles. The number of allylic oxidation sites excluding steroid dienone is 1. The van der Waals surface area contributed by atoms with Crippen LogP contribution in [-0.4, -0.2) is 76.2 Å². The Hall–Kier alpha value is -6.97. The highest BCUT2D eigenvalue weighted by Gasteiger charge is 2.65. The van der Waals surface area contributed by atoms with Crippen LogP contribution in [0, 0.1) is 33.7 Å². The summed E-state index contributed by atoms with van der Waals surface area (Å²) in [5, 5.41) is 36.7. The van der Waals surface area contributed by atoms with Crippen molar-refractivity contribution in [1.29, 1.82) is 0 Å². The second-order valence-corrected chi connectivity index (χ2v) is 19.4. The van der Waals surface area contributed by atoms with Crippen molar-refractivity contribution >= 4 is 23.4 Å². The number of carbonyl (C=O) groups excluding carboxylic acids is 1. The van der Waals surface area contributed by atoms with Gasteiger partial charge in [-0.15, -0.1) is 6.58 Å². The molecule has 2 heterocycles. The van der Waals surface area contributed by atoms with E-state index in [9.17, 15) is 24.7 Å². The number of unbranched alkanes of at least 4 members (excludes halogenated alkanes) is 2. The van der Waals surface area contributed by atoms with Crippen molar-refractivity contribution in [1.82, 2.24) is 4.90 Å². The van der Waals surface area contributed by atoms with Crippen molar-refractivity contribution in [3.63, 3.8) is 0 Å².